The minimum absolute atomic E-state index is 0.0467. The third-order valence-corrected chi connectivity index (χ3v) is 10.8. The standard InChI is InChI=1S/C41H29BN2O/c1-3-4-10-24-18-20-26-28-19-17-23(2)38-41(28)43(32(26)21-24)33-22-35-36(29-12-6-8-16-34(29)45-35)37-30-14-9-13-27-25-11-5-7-15-31(25)44(40(27)30)42(38)39(33)37/h5-9,11-22H,3-4,10H2,1-2H3. The summed E-state index contributed by atoms with van der Waals surface area (Å²) in [7, 11) is 0. The van der Waals surface area contributed by atoms with Gasteiger partial charge in [0, 0.05) is 60.7 Å². The van der Waals surface area contributed by atoms with Crippen LogP contribution in [0.25, 0.3) is 82.4 Å². The molecule has 0 aliphatic carbocycles. The Balaban J connectivity index is 1.43. The van der Waals surface area contributed by atoms with Gasteiger partial charge in [-0.15, -0.1) is 0 Å². The molecule has 0 amide bonds. The maximum atomic E-state index is 6.72. The van der Waals surface area contributed by atoms with Crippen LogP contribution in [0.4, 0.5) is 0 Å². The summed E-state index contributed by atoms with van der Waals surface area (Å²) in [6, 6.07) is 38.7. The van der Waals surface area contributed by atoms with Crippen molar-refractivity contribution >= 4 is 83.3 Å². The van der Waals surface area contributed by atoms with Gasteiger partial charge in [0.2, 0.25) is 0 Å². The Labute approximate surface area is 260 Å². The summed E-state index contributed by atoms with van der Waals surface area (Å²) in [5, 5.41) is 7.70. The molecule has 5 heterocycles. The molecule has 212 valence electrons. The topological polar surface area (TPSA) is 23.0 Å². The molecule has 11 rings (SSSR count). The van der Waals surface area contributed by atoms with E-state index in [1.165, 1.54) is 106 Å². The predicted molar refractivity (Wildman–Crippen MR) is 190 cm³/mol. The van der Waals surface area contributed by atoms with Crippen molar-refractivity contribution < 1.29 is 4.42 Å². The van der Waals surface area contributed by atoms with Crippen LogP contribution in [0.2, 0.25) is 0 Å². The lowest BCUT2D eigenvalue weighted by atomic mass is 9.44. The van der Waals surface area contributed by atoms with Gasteiger partial charge in [0.15, 0.2) is 0 Å². The Morgan fingerprint density at radius 2 is 1.44 bits per heavy atom. The van der Waals surface area contributed by atoms with Crippen molar-refractivity contribution in [3.8, 4) is 16.8 Å². The molecular weight excluding hydrogens is 547 g/mol. The molecule has 9 aromatic rings. The number of fused-ring (bicyclic) bond motifs is 14. The molecule has 0 fully saturated rings. The molecule has 0 saturated heterocycles. The first-order valence-corrected chi connectivity index (χ1v) is 16.3. The zero-order valence-corrected chi connectivity index (χ0v) is 25.3. The van der Waals surface area contributed by atoms with Gasteiger partial charge in [-0.05, 0) is 60.0 Å². The van der Waals surface area contributed by atoms with Crippen molar-refractivity contribution in [1.29, 1.82) is 0 Å². The van der Waals surface area contributed by atoms with E-state index in [1.807, 2.05) is 0 Å². The van der Waals surface area contributed by atoms with Crippen molar-refractivity contribution in [2.75, 3.05) is 0 Å². The maximum absolute atomic E-state index is 6.72. The lowest BCUT2D eigenvalue weighted by molar-refractivity contribution is 0.669. The van der Waals surface area contributed by atoms with E-state index < -0.39 is 0 Å². The lowest BCUT2D eigenvalue weighted by Crippen LogP contribution is -2.56. The highest BCUT2D eigenvalue weighted by Crippen LogP contribution is 2.47. The first-order chi connectivity index (χ1) is 22.2. The Morgan fingerprint density at radius 3 is 2.36 bits per heavy atom. The highest BCUT2D eigenvalue weighted by atomic mass is 16.3. The minimum atomic E-state index is 0.0467. The number of aryl methyl sites for hydroxylation is 2. The molecule has 3 aromatic heterocycles. The van der Waals surface area contributed by atoms with Crippen LogP contribution in [-0.4, -0.2) is 15.9 Å². The van der Waals surface area contributed by atoms with Gasteiger partial charge in [-0.1, -0.05) is 97.8 Å². The smallest absolute Gasteiger partial charge is 0.333 e. The molecule has 0 spiro atoms. The van der Waals surface area contributed by atoms with Crippen LogP contribution in [-0.2, 0) is 6.42 Å². The van der Waals surface area contributed by atoms with Gasteiger partial charge < -0.3 is 13.5 Å². The summed E-state index contributed by atoms with van der Waals surface area (Å²) >= 11 is 0. The molecule has 0 N–H and O–H groups in total. The molecule has 45 heavy (non-hydrogen) atoms. The maximum Gasteiger partial charge on any atom is 0.333 e. The molecule has 6 aromatic carbocycles. The number of aromatic nitrogens is 2. The van der Waals surface area contributed by atoms with E-state index in [-0.39, 0.29) is 6.85 Å². The number of unbranched alkanes of at least 4 members (excludes halogenated alkanes) is 1. The van der Waals surface area contributed by atoms with Crippen LogP contribution in [0, 0.1) is 6.92 Å². The molecule has 4 heteroatoms. The second kappa shape index (κ2) is 8.28. The Hall–Kier alpha value is -5.22. The second-order valence-electron chi connectivity index (χ2n) is 13.1. The molecule has 0 atom stereocenters. The average Bonchev–Trinajstić information content (AvgIpc) is 3.72. The van der Waals surface area contributed by atoms with Gasteiger partial charge in [0.25, 0.3) is 0 Å². The van der Waals surface area contributed by atoms with E-state index in [0.29, 0.717) is 0 Å². The summed E-state index contributed by atoms with van der Waals surface area (Å²) < 4.78 is 12.0. The van der Waals surface area contributed by atoms with Gasteiger partial charge in [0.05, 0.1) is 11.0 Å². The lowest BCUT2D eigenvalue weighted by Gasteiger charge is -2.35. The highest BCUT2D eigenvalue weighted by molar-refractivity contribution is 6.90. The van der Waals surface area contributed by atoms with Crippen LogP contribution >= 0.6 is 0 Å². The predicted octanol–water partition coefficient (Wildman–Crippen LogP) is 9.39. The Kier molecular flexibility index (Phi) is 4.44. The fraction of sp³-hybridized carbons (Fsp3) is 0.122. The van der Waals surface area contributed by atoms with Gasteiger partial charge in [-0.3, -0.25) is 0 Å². The highest BCUT2D eigenvalue weighted by Gasteiger charge is 2.43. The van der Waals surface area contributed by atoms with Crippen LogP contribution in [0.1, 0.15) is 30.9 Å². The summed E-state index contributed by atoms with van der Waals surface area (Å²) in [5.74, 6) is 0. The first kappa shape index (κ1) is 24.1. The number of furan rings is 1. The molecule has 0 bridgehead atoms. The third kappa shape index (κ3) is 2.80. The van der Waals surface area contributed by atoms with Crippen molar-refractivity contribution in [1.82, 2.24) is 9.05 Å². The Bertz CT molecular complexity index is 2770. The van der Waals surface area contributed by atoms with Crippen molar-refractivity contribution in [3.05, 3.63) is 114 Å². The summed E-state index contributed by atoms with van der Waals surface area (Å²) in [5.41, 5.74) is 16.5. The zero-order chi connectivity index (χ0) is 29.6. The van der Waals surface area contributed by atoms with E-state index >= 15 is 0 Å². The van der Waals surface area contributed by atoms with E-state index in [0.717, 1.165) is 17.6 Å². The molecule has 0 saturated carbocycles. The van der Waals surface area contributed by atoms with E-state index in [1.54, 1.807) is 0 Å². The first-order valence-electron chi connectivity index (χ1n) is 16.3. The van der Waals surface area contributed by atoms with Crippen LogP contribution < -0.4 is 10.9 Å². The SMILES string of the molecule is CCCCc1ccc2c3ccc(C)c4c3n(c2c1)-c1cc2oc3ccccc3c2c2c1B4n1c3ccccc3c3cccc-2c31. The van der Waals surface area contributed by atoms with Crippen molar-refractivity contribution in [3.63, 3.8) is 0 Å². The summed E-state index contributed by atoms with van der Waals surface area (Å²) in [6.45, 7) is 4.63. The molecule has 0 radical (unpaired) electrons. The zero-order valence-electron chi connectivity index (χ0n) is 25.3. The molecule has 2 aliphatic rings. The number of hydrogen-bond acceptors (Lipinski definition) is 1. The fourth-order valence-electron chi connectivity index (χ4n) is 8.96. The number of rotatable bonds is 3. The number of hydrogen-bond donors (Lipinski definition) is 0. The average molecular weight is 577 g/mol. The van der Waals surface area contributed by atoms with Crippen molar-refractivity contribution in [2.24, 2.45) is 0 Å². The van der Waals surface area contributed by atoms with E-state index in [4.69, 9.17) is 4.42 Å². The molecule has 3 nitrogen and oxygen atoms in total. The number of nitrogens with zero attached hydrogens (tertiary/aromatic N) is 2. The van der Waals surface area contributed by atoms with Gasteiger partial charge in [-0.25, -0.2) is 0 Å². The third-order valence-electron chi connectivity index (χ3n) is 10.8. The molecule has 0 unspecified atom stereocenters. The van der Waals surface area contributed by atoms with Gasteiger partial charge in [-0.2, -0.15) is 0 Å². The van der Waals surface area contributed by atoms with Crippen molar-refractivity contribution in [2.45, 2.75) is 33.1 Å². The Morgan fingerprint density at radius 1 is 0.667 bits per heavy atom. The fourth-order valence-corrected chi connectivity index (χ4v) is 8.96. The van der Waals surface area contributed by atoms with Gasteiger partial charge >= 0.3 is 6.85 Å². The van der Waals surface area contributed by atoms with Crippen LogP contribution in [0.15, 0.2) is 108 Å². The van der Waals surface area contributed by atoms with Crippen LogP contribution in [0.3, 0.4) is 0 Å². The van der Waals surface area contributed by atoms with Crippen LogP contribution in [0.5, 0.6) is 0 Å². The quantitative estimate of drug-likeness (QED) is 0.192. The number of benzene rings is 6. The molecular formula is C41H29BN2O. The minimum Gasteiger partial charge on any atom is -0.456 e. The second-order valence-corrected chi connectivity index (χ2v) is 13.1. The number of para-hydroxylation sites is 3. The van der Waals surface area contributed by atoms with Gasteiger partial charge in [0.1, 0.15) is 11.2 Å². The monoisotopic (exact) mass is 576 g/mol. The largest absolute Gasteiger partial charge is 0.456 e. The summed E-state index contributed by atoms with van der Waals surface area (Å²) in [6.07, 6.45) is 3.50. The molecule has 2 aliphatic heterocycles. The van der Waals surface area contributed by atoms with E-state index in [2.05, 4.69) is 126 Å². The van der Waals surface area contributed by atoms with E-state index in [9.17, 15) is 0 Å². The summed E-state index contributed by atoms with van der Waals surface area (Å²) in [4.78, 5) is 0. The normalized spacial score (nSPS) is 13.3.